The first-order valence-electron chi connectivity index (χ1n) is 10.9. The van der Waals surface area contributed by atoms with E-state index >= 15 is 0 Å². The average molecular weight is 420 g/mol. The number of fused-ring (bicyclic) bond motifs is 1. The van der Waals surface area contributed by atoms with Gasteiger partial charge in [0.25, 0.3) is 0 Å². The van der Waals surface area contributed by atoms with Crippen molar-refractivity contribution in [1.29, 1.82) is 0 Å². The lowest BCUT2D eigenvalue weighted by Crippen LogP contribution is -2.45. The first-order chi connectivity index (χ1) is 14.1. The van der Waals surface area contributed by atoms with E-state index in [4.69, 9.17) is 9.47 Å². The highest BCUT2D eigenvalue weighted by Crippen LogP contribution is 2.42. The van der Waals surface area contributed by atoms with Gasteiger partial charge >= 0.3 is 5.97 Å². The van der Waals surface area contributed by atoms with Crippen LogP contribution in [0.25, 0.3) is 0 Å². The Morgan fingerprint density at radius 1 is 1.23 bits per heavy atom. The Bertz CT molecular complexity index is 765. The number of esters is 1. The zero-order chi connectivity index (χ0) is 22.1. The number of Topliss-reactive ketones (excluding diaryl/α,β-unsaturated/α-hetero) is 1. The van der Waals surface area contributed by atoms with Crippen LogP contribution in [0.3, 0.4) is 0 Å². The maximum atomic E-state index is 14.2. The van der Waals surface area contributed by atoms with Gasteiger partial charge in [-0.05, 0) is 57.6 Å². The molecule has 2 aliphatic rings. The van der Waals surface area contributed by atoms with Gasteiger partial charge < -0.3 is 14.8 Å². The van der Waals surface area contributed by atoms with Crippen LogP contribution in [0.1, 0.15) is 52.5 Å². The van der Waals surface area contributed by atoms with E-state index in [0.29, 0.717) is 17.5 Å². The molecule has 3 rings (SSSR count). The molecule has 166 valence electrons. The number of carbonyl (C=O) groups is 2. The fourth-order valence-corrected chi connectivity index (χ4v) is 4.49. The zero-order valence-corrected chi connectivity index (χ0v) is 18.6. The van der Waals surface area contributed by atoms with Crippen LogP contribution in [0, 0.1) is 23.6 Å². The maximum Gasteiger partial charge on any atom is 0.310 e. The number of nitrogens with one attached hydrogen (secondary N) is 1. The van der Waals surface area contributed by atoms with Crippen molar-refractivity contribution >= 4 is 11.8 Å². The number of carbonyl (C=O) groups excluding carboxylic acids is 2. The predicted octanol–water partition coefficient (Wildman–Crippen LogP) is 3.69. The van der Waals surface area contributed by atoms with Gasteiger partial charge in [0.1, 0.15) is 17.2 Å². The van der Waals surface area contributed by atoms with E-state index in [9.17, 15) is 14.0 Å². The summed E-state index contributed by atoms with van der Waals surface area (Å²) < 4.78 is 25.4. The molecule has 1 saturated carbocycles. The van der Waals surface area contributed by atoms with Crippen LogP contribution in [0.15, 0.2) is 24.3 Å². The molecule has 0 aromatic heterocycles. The number of piperidine rings is 1. The summed E-state index contributed by atoms with van der Waals surface area (Å²) in [5.74, 6) is -1.31. The Morgan fingerprint density at radius 3 is 2.50 bits per heavy atom. The molecule has 5 nitrogen and oxygen atoms in total. The van der Waals surface area contributed by atoms with Crippen LogP contribution in [0.2, 0.25) is 0 Å². The Kier molecular flexibility index (Phi) is 6.98. The van der Waals surface area contributed by atoms with Crippen LogP contribution >= 0.6 is 0 Å². The molecule has 1 aromatic rings. The van der Waals surface area contributed by atoms with Crippen molar-refractivity contribution in [3.8, 4) is 0 Å². The van der Waals surface area contributed by atoms with Crippen LogP contribution in [0.4, 0.5) is 4.39 Å². The fourth-order valence-electron chi connectivity index (χ4n) is 4.49. The molecule has 30 heavy (non-hydrogen) atoms. The highest BCUT2D eigenvalue weighted by Gasteiger charge is 2.49. The summed E-state index contributed by atoms with van der Waals surface area (Å²) in [4.78, 5) is 26.0. The topological polar surface area (TPSA) is 64.6 Å². The number of benzene rings is 1. The smallest absolute Gasteiger partial charge is 0.310 e. The summed E-state index contributed by atoms with van der Waals surface area (Å²) in [5, 5.41) is 3.55. The summed E-state index contributed by atoms with van der Waals surface area (Å²) in [6, 6.07) is 7.07. The third-order valence-electron chi connectivity index (χ3n) is 6.19. The van der Waals surface area contributed by atoms with Crippen LogP contribution in [-0.2, 0) is 25.5 Å². The van der Waals surface area contributed by atoms with E-state index in [1.165, 1.54) is 12.5 Å². The molecule has 1 heterocycles. The number of methoxy groups -OCH3 is 1. The van der Waals surface area contributed by atoms with Crippen molar-refractivity contribution in [3.05, 3.63) is 35.6 Å². The molecule has 0 bridgehead atoms. The first-order valence-corrected chi connectivity index (χ1v) is 10.9. The minimum absolute atomic E-state index is 0.00382. The molecule has 0 amide bonds. The Hall–Kier alpha value is -1.79. The second-order valence-electron chi connectivity index (χ2n) is 9.80. The Morgan fingerprint density at radius 2 is 1.93 bits per heavy atom. The molecule has 2 fully saturated rings. The van der Waals surface area contributed by atoms with Gasteiger partial charge in [-0.25, -0.2) is 4.39 Å². The van der Waals surface area contributed by atoms with Gasteiger partial charge in [0.2, 0.25) is 0 Å². The van der Waals surface area contributed by atoms with E-state index in [2.05, 4.69) is 5.32 Å². The lowest BCUT2D eigenvalue weighted by molar-refractivity contribution is -0.161. The molecule has 6 heteroatoms. The largest absolute Gasteiger partial charge is 0.460 e. The molecule has 1 N–H and O–H groups in total. The maximum absolute atomic E-state index is 14.2. The van der Waals surface area contributed by atoms with Crippen molar-refractivity contribution < 1.29 is 23.5 Å². The van der Waals surface area contributed by atoms with Gasteiger partial charge in [-0.1, -0.05) is 25.1 Å². The standard InChI is InChI=1S/C24H34FNO4/c1-14(22(29-5)20-12-16-11-19(16)26-20)21(27)13-17(23(28)30-24(2,3)4)10-15-8-6-7-9-18(15)25/h6-9,14,16-17,19-20,22,26H,10-13H2,1-5H3/t14-,16-,17+,19-,20-,22+/m0/s1. The second kappa shape index (κ2) is 9.15. The Labute approximate surface area is 178 Å². The summed E-state index contributed by atoms with van der Waals surface area (Å²) >= 11 is 0. The monoisotopic (exact) mass is 419 g/mol. The number of rotatable bonds is 9. The van der Waals surface area contributed by atoms with Crippen molar-refractivity contribution in [3.63, 3.8) is 0 Å². The van der Waals surface area contributed by atoms with Gasteiger partial charge in [0.15, 0.2) is 0 Å². The van der Waals surface area contributed by atoms with Gasteiger partial charge in [-0.15, -0.1) is 0 Å². The number of ether oxygens (including phenoxy) is 2. The molecule has 1 aromatic carbocycles. The molecule has 1 aliphatic carbocycles. The molecule has 0 unspecified atom stereocenters. The number of halogens is 1. The molecule has 0 spiro atoms. The predicted molar refractivity (Wildman–Crippen MR) is 112 cm³/mol. The van der Waals surface area contributed by atoms with Crippen LogP contribution < -0.4 is 5.32 Å². The molecule has 1 aliphatic heterocycles. The van der Waals surface area contributed by atoms with Crippen molar-refractivity contribution in [1.82, 2.24) is 5.32 Å². The minimum Gasteiger partial charge on any atom is -0.460 e. The number of hydrogen-bond donors (Lipinski definition) is 1. The van der Waals surface area contributed by atoms with Crippen LogP contribution in [-0.4, -0.2) is 42.7 Å². The summed E-state index contributed by atoms with van der Waals surface area (Å²) in [7, 11) is 1.63. The molecule has 0 radical (unpaired) electrons. The fraction of sp³-hybridized carbons (Fsp3) is 0.667. The summed E-state index contributed by atoms with van der Waals surface area (Å²) in [6.45, 7) is 7.21. The molecular weight excluding hydrogens is 385 g/mol. The molecule has 1 saturated heterocycles. The third-order valence-corrected chi connectivity index (χ3v) is 6.19. The van der Waals surface area contributed by atoms with Crippen molar-refractivity contribution in [2.75, 3.05) is 7.11 Å². The van der Waals surface area contributed by atoms with E-state index in [0.717, 1.165) is 6.42 Å². The molecule has 6 atom stereocenters. The zero-order valence-electron chi connectivity index (χ0n) is 18.6. The van der Waals surface area contributed by atoms with Gasteiger partial charge in [-0.2, -0.15) is 0 Å². The second-order valence-corrected chi connectivity index (χ2v) is 9.80. The minimum atomic E-state index is -0.737. The lowest BCUT2D eigenvalue weighted by Gasteiger charge is -2.30. The van der Waals surface area contributed by atoms with E-state index < -0.39 is 17.5 Å². The first kappa shape index (κ1) is 22.9. The highest BCUT2D eigenvalue weighted by atomic mass is 19.1. The Balaban J connectivity index is 1.70. The van der Waals surface area contributed by atoms with E-state index in [-0.39, 0.29) is 42.5 Å². The summed E-state index contributed by atoms with van der Waals surface area (Å²) in [5.41, 5.74) is -0.266. The van der Waals surface area contributed by atoms with Crippen LogP contribution in [0.5, 0.6) is 0 Å². The average Bonchev–Trinajstić information content (AvgIpc) is 3.27. The number of ketones is 1. The van der Waals surface area contributed by atoms with Crippen molar-refractivity contribution in [2.24, 2.45) is 17.8 Å². The normalized spacial score (nSPS) is 25.9. The van der Waals surface area contributed by atoms with Crippen molar-refractivity contribution in [2.45, 2.75) is 77.2 Å². The molecular formula is C24H34FNO4. The lowest BCUT2D eigenvalue weighted by atomic mass is 9.85. The third kappa shape index (κ3) is 5.67. The summed E-state index contributed by atoms with van der Waals surface area (Å²) in [6.07, 6.45) is 2.12. The van der Waals surface area contributed by atoms with Gasteiger partial charge in [-0.3, -0.25) is 9.59 Å². The van der Waals surface area contributed by atoms with Gasteiger partial charge in [0.05, 0.1) is 12.0 Å². The van der Waals surface area contributed by atoms with E-state index in [1.54, 1.807) is 46.1 Å². The van der Waals surface area contributed by atoms with Gasteiger partial charge in [0, 0.05) is 31.5 Å². The highest BCUT2D eigenvalue weighted by molar-refractivity contribution is 5.86. The number of hydrogen-bond acceptors (Lipinski definition) is 5. The quantitative estimate of drug-likeness (QED) is 0.619. The SMILES string of the molecule is CO[C@@H]([C@@H]1C[C@@H]2C[C@@H]2N1)[C@@H](C)C(=O)C[C@@H](Cc1ccccc1F)C(=O)OC(C)(C)C. The van der Waals surface area contributed by atoms with E-state index in [1.807, 2.05) is 6.92 Å².